The van der Waals surface area contributed by atoms with Crippen LogP contribution in [0.3, 0.4) is 0 Å². The number of carbonyl (C=O) groups is 1. The molecule has 2 aromatic carbocycles. The van der Waals surface area contributed by atoms with Crippen LogP contribution in [-0.2, 0) is 17.5 Å². The van der Waals surface area contributed by atoms with Crippen molar-refractivity contribution >= 4 is 61.6 Å². The van der Waals surface area contributed by atoms with Crippen LogP contribution >= 0.6 is 34.5 Å². The van der Waals surface area contributed by atoms with E-state index in [-0.39, 0.29) is 29.9 Å². The first-order chi connectivity index (χ1) is 20.0. The molecule has 0 unspecified atom stereocenters. The van der Waals surface area contributed by atoms with Crippen LogP contribution in [-0.4, -0.2) is 34.2 Å². The van der Waals surface area contributed by atoms with Crippen molar-refractivity contribution in [1.29, 1.82) is 5.26 Å². The maximum Gasteiger partial charge on any atom is 0.417 e. The number of fused-ring (bicyclic) bond motifs is 2. The van der Waals surface area contributed by atoms with Crippen LogP contribution in [0.15, 0.2) is 46.7 Å². The number of carbonyl (C=O) groups excluding carboxylic acids is 1. The summed E-state index contributed by atoms with van der Waals surface area (Å²) in [6, 6.07) is 9.01. The zero-order valence-electron chi connectivity index (χ0n) is 21.7. The van der Waals surface area contributed by atoms with Gasteiger partial charge in [-0.3, -0.25) is 14.3 Å². The fourth-order valence-electron chi connectivity index (χ4n) is 4.53. The van der Waals surface area contributed by atoms with Crippen molar-refractivity contribution in [2.45, 2.75) is 19.6 Å². The first-order valence-electron chi connectivity index (χ1n) is 12.0. The lowest BCUT2D eigenvalue weighted by atomic mass is 10.0. The smallest absolute Gasteiger partial charge is 0.417 e. The van der Waals surface area contributed by atoms with E-state index in [1.54, 1.807) is 41.9 Å². The number of methoxy groups -OCH3 is 1. The maximum absolute atomic E-state index is 13.5. The number of aryl methyl sites for hydroxylation is 1. The number of esters is 1. The molecule has 0 amide bonds. The summed E-state index contributed by atoms with van der Waals surface area (Å²) in [4.78, 5) is 34.0. The Balaban J connectivity index is 1.50. The van der Waals surface area contributed by atoms with E-state index in [4.69, 9.17) is 32.7 Å². The third kappa shape index (κ3) is 5.15. The summed E-state index contributed by atoms with van der Waals surface area (Å²) in [5, 5.41) is 10.5. The minimum Gasteiger partial charge on any atom is -0.491 e. The Labute approximate surface area is 249 Å². The molecule has 0 aliphatic rings. The lowest BCUT2D eigenvalue weighted by molar-refractivity contribution is -0.137. The summed E-state index contributed by atoms with van der Waals surface area (Å²) in [6.07, 6.45) is -3.29. The van der Waals surface area contributed by atoms with Crippen molar-refractivity contribution in [1.82, 2.24) is 14.5 Å². The van der Waals surface area contributed by atoms with Crippen LogP contribution in [0.5, 0.6) is 5.75 Å². The Morgan fingerprint density at radius 1 is 1.19 bits per heavy atom. The molecular formula is C28H17Cl2F3N4O4S. The van der Waals surface area contributed by atoms with Gasteiger partial charge in [-0.05, 0) is 37.3 Å². The molecule has 0 saturated heterocycles. The van der Waals surface area contributed by atoms with Crippen molar-refractivity contribution < 1.29 is 27.4 Å². The Bertz CT molecular complexity index is 2000. The van der Waals surface area contributed by atoms with Crippen molar-refractivity contribution in [3.8, 4) is 22.9 Å². The van der Waals surface area contributed by atoms with Gasteiger partial charge in [0.2, 0.25) is 0 Å². The molecule has 0 aliphatic heterocycles. The fourth-order valence-corrected chi connectivity index (χ4v) is 6.02. The first-order valence-corrected chi connectivity index (χ1v) is 13.7. The van der Waals surface area contributed by atoms with E-state index in [1.165, 1.54) is 29.9 Å². The Kier molecular flexibility index (Phi) is 7.85. The van der Waals surface area contributed by atoms with E-state index in [2.05, 4.69) is 9.97 Å². The molecule has 42 heavy (non-hydrogen) atoms. The number of hydrogen-bond acceptors (Lipinski definition) is 8. The number of aromatic nitrogens is 3. The van der Waals surface area contributed by atoms with Gasteiger partial charge in [-0.1, -0.05) is 23.2 Å². The van der Waals surface area contributed by atoms with Gasteiger partial charge in [0.1, 0.15) is 24.3 Å². The summed E-state index contributed by atoms with van der Waals surface area (Å²) in [5.74, 6) is 0.0141. The molecule has 5 aromatic rings. The summed E-state index contributed by atoms with van der Waals surface area (Å²) >= 11 is 13.5. The fraction of sp³-hybridized carbons (Fsp3) is 0.179. The minimum atomic E-state index is -4.84. The molecule has 0 bridgehead atoms. The second kappa shape index (κ2) is 11.2. The molecule has 0 saturated carbocycles. The van der Waals surface area contributed by atoms with Crippen LogP contribution in [0, 0.1) is 18.3 Å². The second-order valence-corrected chi connectivity index (χ2v) is 10.6. The van der Waals surface area contributed by atoms with Gasteiger partial charge < -0.3 is 9.47 Å². The number of nitriles is 1. The highest BCUT2D eigenvalue weighted by molar-refractivity contribution is 7.18. The second-order valence-electron chi connectivity index (χ2n) is 8.90. The number of benzene rings is 2. The molecule has 14 heteroatoms. The van der Waals surface area contributed by atoms with Gasteiger partial charge in [0.25, 0.3) is 5.56 Å². The Hall–Kier alpha value is -4.18. The topological polar surface area (TPSA) is 107 Å². The quantitative estimate of drug-likeness (QED) is 0.185. The van der Waals surface area contributed by atoms with Gasteiger partial charge in [-0.25, -0.2) is 9.78 Å². The van der Waals surface area contributed by atoms with Crippen LogP contribution < -0.4 is 10.3 Å². The van der Waals surface area contributed by atoms with Gasteiger partial charge >= 0.3 is 12.1 Å². The van der Waals surface area contributed by atoms with Gasteiger partial charge in [-0.15, -0.1) is 11.3 Å². The molecule has 0 aliphatic carbocycles. The maximum atomic E-state index is 13.5. The zero-order chi connectivity index (χ0) is 30.3. The largest absolute Gasteiger partial charge is 0.491 e. The van der Waals surface area contributed by atoms with Crippen molar-refractivity contribution in [2.24, 2.45) is 0 Å². The molecule has 8 nitrogen and oxygen atoms in total. The number of pyridine rings is 1. The van der Waals surface area contributed by atoms with Crippen LogP contribution in [0.4, 0.5) is 13.2 Å². The molecule has 0 atom stereocenters. The number of rotatable bonds is 6. The van der Waals surface area contributed by atoms with Crippen molar-refractivity contribution in [2.75, 3.05) is 13.7 Å². The molecule has 5 rings (SSSR count). The van der Waals surface area contributed by atoms with Gasteiger partial charge in [-0.2, -0.15) is 18.4 Å². The highest BCUT2D eigenvalue weighted by Crippen LogP contribution is 2.40. The molecule has 0 fully saturated rings. The van der Waals surface area contributed by atoms with Gasteiger partial charge in [0.15, 0.2) is 0 Å². The number of thiophene rings is 1. The summed E-state index contributed by atoms with van der Waals surface area (Å²) in [6.45, 7) is 1.37. The van der Waals surface area contributed by atoms with Crippen LogP contribution in [0.2, 0.25) is 10.0 Å². The highest BCUT2D eigenvalue weighted by Gasteiger charge is 2.36. The van der Waals surface area contributed by atoms with E-state index in [0.29, 0.717) is 43.7 Å². The zero-order valence-corrected chi connectivity index (χ0v) is 24.0. The first kappa shape index (κ1) is 29.3. The summed E-state index contributed by atoms with van der Waals surface area (Å²) < 4.78 is 53.2. The summed E-state index contributed by atoms with van der Waals surface area (Å²) in [7, 11) is 1.28. The molecule has 214 valence electrons. The van der Waals surface area contributed by atoms with E-state index in [0.717, 1.165) is 0 Å². The third-order valence-electron chi connectivity index (χ3n) is 6.46. The third-order valence-corrected chi connectivity index (χ3v) is 8.09. The molecule has 0 N–H and O–H groups in total. The van der Waals surface area contributed by atoms with E-state index in [9.17, 15) is 28.0 Å². The average molecular weight is 633 g/mol. The standard InChI is InChI=1S/C28H17Cl2F3N4O4S/c1-13-36-20-10-19(28(31,32)33)23(30)17(11-34)22(20)26(38)37(13)7-8-41-21-4-3-14(29)9-16(21)15-5-6-35-24-18(27(39)40-2)12-42-25(15)24/h3-6,9-10,12H,7-8H2,1-2H3. The van der Waals surface area contributed by atoms with E-state index in [1.807, 2.05) is 0 Å². The van der Waals surface area contributed by atoms with Crippen LogP contribution in [0.1, 0.15) is 27.3 Å². The predicted molar refractivity (Wildman–Crippen MR) is 152 cm³/mol. The Morgan fingerprint density at radius 3 is 2.64 bits per heavy atom. The van der Waals surface area contributed by atoms with Gasteiger partial charge in [0.05, 0.1) is 56.5 Å². The average Bonchev–Trinajstić information content (AvgIpc) is 3.39. The van der Waals surface area contributed by atoms with Crippen molar-refractivity contribution in [3.63, 3.8) is 0 Å². The number of ether oxygens (including phenoxy) is 2. The minimum absolute atomic E-state index is 0.0452. The number of hydrogen-bond donors (Lipinski definition) is 0. The number of halogens is 5. The molecule has 0 radical (unpaired) electrons. The predicted octanol–water partition coefficient (Wildman–Crippen LogP) is 7.04. The van der Waals surface area contributed by atoms with Crippen molar-refractivity contribution in [3.05, 3.63) is 84.8 Å². The molecule has 3 heterocycles. The van der Waals surface area contributed by atoms with Crippen LogP contribution in [0.25, 0.3) is 32.2 Å². The SMILES string of the molecule is COC(=O)c1csc2c(-c3cc(Cl)ccc3OCCn3c(C)nc4cc(C(F)(F)F)c(Cl)c(C#N)c4c3=O)ccnc12. The molecular weight excluding hydrogens is 616 g/mol. The number of alkyl halides is 3. The van der Waals surface area contributed by atoms with E-state index >= 15 is 0 Å². The molecule has 3 aromatic heterocycles. The highest BCUT2D eigenvalue weighted by atomic mass is 35.5. The van der Waals surface area contributed by atoms with E-state index < -0.39 is 33.9 Å². The monoisotopic (exact) mass is 632 g/mol. The normalized spacial score (nSPS) is 11.6. The molecule has 0 spiro atoms. The number of nitrogens with zero attached hydrogens (tertiary/aromatic N) is 4. The summed E-state index contributed by atoms with van der Waals surface area (Å²) in [5.41, 5.74) is -0.772. The Morgan fingerprint density at radius 2 is 1.95 bits per heavy atom. The lowest BCUT2D eigenvalue weighted by Gasteiger charge is -2.16. The lowest BCUT2D eigenvalue weighted by Crippen LogP contribution is -2.27. The van der Waals surface area contributed by atoms with Gasteiger partial charge in [0, 0.05) is 27.7 Å².